The van der Waals surface area contributed by atoms with E-state index in [-0.39, 0.29) is 8.41 Å². The second-order valence-electron chi connectivity index (χ2n) is 0.175. The van der Waals surface area contributed by atoms with Crippen LogP contribution in [0.5, 0.6) is 0 Å². The summed E-state index contributed by atoms with van der Waals surface area (Å²) in [6, 6.07) is 0. The standard InChI is InChI=1S/BH3.Cr.3FH/h1H3;;3*1H/q;+3;;;/p-3. The fourth-order valence-electron chi connectivity index (χ4n) is 0. The molecular weight excluding hydrogens is 120 g/mol. The summed E-state index contributed by atoms with van der Waals surface area (Å²) in [6.07, 6.45) is 0. The minimum atomic E-state index is -4.54. The zero-order valence-corrected chi connectivity index (χ0v) is 2.82. The molecule has 5 heteroatoms. The van der Waals surface area contributed by atoms with Gasteiger partial charge < -0.3 is 0 Å². The van der Waals surface area contributed by atoms with E-state index in [2.05, 4.69) is 0 Å². The van der Waals surface area contributed by atoms with Crippen LogP contribution < -0.4 is 0 Å². The van der Waals surface area contributed by atoms with Crippen LogP contribution in [0.15, 0.2) is 0 Å². The van der Waals surface area contributed by atoms with Crippen molar-refractivity contribution >= 4 is 8.41 Å². The van der Waals surface area contributed by atoms with Crippen molar-refractivity contribution in [3.63, 3.8) is 0 Å². The van der Waals surface area contributed by atoms with Crippen molar-refractivity contribution in [2.45, 2.75) is 0 Å². The monoisotopic (exact) mass is 123 g/mol. The Kier molecular flexibility index (Phi) is 7.93. The van der Waals surface area contributed by atoms with Gasteiger partial charge in [0.05, 0.1) is 8.41 Å². The first kappa shape index (κ1) is 9.04. The summed E-state index contributed by atoms with van der Waals surface area (Å²) in [5.41, 5.74) is 0. The number of hydrogen-bond donors (Lipinski definition) is 0. The van der Waals surface area contributed by atoms with E-state index in [0.717, 1.165) is 0 Å². The van der Waals surface area contributed by atoms with E-state index in [9.17, 15) is 10.6 Å². The average Bonchev–Trinajstić information content (AvgIpc) is 0.811. The fraction of sp³-hybridized carbons (Fsp3) is 0. The van der Waals surface area contributed by atoms with Crippen LogP contribution >= 0.6 is 0 Å². The molecule has 0 fully saturated rings. The van der Waals surface area contributed by atoms with Gasteiger partial charge in [0.1, 0.15) is 0 Å². The molecule has 0 saturated carbocycles. The molecule has 0 radical (unpaired) electrons. The van der Waals surface area contributed by atoms with Crippen LogP contribution in [0.3, 0.4) is 0 Å². The van der Waals surface area contributed by atoms with E-state index in [1.807, 2.05) is 0 Å². The van der Waals surface area contributed by atoms with E-state index >= 15 is 0 Å². The molecule has 0 nitrogen and oxygen atoms in total. The Morgan fingerprint density at radius 2 is 1.00 bits per heavy atom. The van der Waals surface area contributed by atoms with E-state index in [0.29, 0.717) is 0 Å². The van der Waals surface area contributed by atoms with Gasteiger partial charge in [-0.1, -0.05) is 0 Å². The second kappa shape index (κ2) is 4.39. The predicted octanol–water partition coefficient (Wildman–Crippen LogP) is 0.0742. The first-order valence-electron chi connectivity index (χ1n) is 0.463. The summed E-state index contributed by atoms with van der Waals surface area (Å²) in [5, 5.41) is 0. The molecule has 0 spiro atoms. The van der Waals surface area contributed by atoms with E-state index in [1.165, 1.54) is 0 Å². The molecule has 0 N–H and O–H groups in total. The summed E-state index contributed by atoms with van der Waals surface area (Å²) < 4.78 is 29.4. The van der Waals surface area contributed by atoms with Gasteiger partial charge in [0.15, 0.2) is 0 Å². The molecule has 0 aliphatic carbocycles. The second-order valence-corrected chi connectivity index (χ2v) is 0.721. The maximum absolute atomic E-state index is 9.79. The van der Waals surface area contributed by atoms with Gasteiger partial charge in [-0.2, -0.15) is 0 Å². The molecule has 0 aromatic rings. The molecule has 0 bridgehead atoms. The minimum absolute atomic E-state index is 0. The van der Waals surface area contributed by atoms with Crippen molar-refractivity contribution in [2.24, 2.45) is 0 Å². The van der Waals surface area contributed by atoms with Gasteiger partial charge in [-0.3, -0.25) is 0 Å². The predicted molar refractivity (Wildman–Crippen MR) is 13.3 cm³/mol. The molecule has 5 heavy (non-hydrogen) atoms. The molecule has 0 aliphatic rings. The average molecular weight is 123 g/mol. The first-order valence-corrected chi connectivity index (χ1v) is 1.91. The third kappa shape index (κ3) is 167. The van der Waals surface area contributed by atoms with Crippen LogP contribution in [0.2, 0.25) is 0 Å². The summed E-state index contributed by atoms with van der Waals surface area (Å²) in [7, 11) is 0. The summed E-state index contributed by atoms with van der Waals surface area (Å²) in [6.45, 7) is 0. The van der Waals surface area contributed by atoms with Gasteiger partial charge in [0, 0.05) is 0 Å². The Balaban J connectivity index is 0. The van der Waals surface area contributed by atoms with Crippen molar-refractivity contribution in [2.75, 3.05) is 0 Å². The summed E-state index contributed by atoms with van der Waals surface area (Å²) >= 11 is -4.54. The van der Waals surface area contributed by atoms with Crippen LogP contribution in [0.4, 0.5) is 10.6 Å². The van der Waals surface area contributed by atoms with Crippen LogP contribution in [0.1, 0.15) is 0 Å². The topological polar surface area (TPSA) is 0 Å². The van der Waals surface area contributed by atoms with Gasteiger partial charge in [-0.25, -0.2) is 0 Å². The third-order valence-electron chi connectivity index (χ3n) is 0. The number of hydrogen-bond acceptors (Lipinski definition) is 0. The molecule has 0 aromatic carbocycles. The quantitative estimate of drug-likeness (QED) is 0.400. The third-order valence-corrected chi connectivity index (χ3v) is 0. The number of rotatable bonds is 0. The molecule has 33 valence electrons. The zero-order valence-electron chi connectivity index (χ0n) is 1.54. The molecule has 0 aromatic heterocycles. The van der Waals surface area contributed by atoms with Crippen LogP contribution in [0.25, 0.3) is 0 Å². The molecule has 0 unspecified atom stereocenters. The van der Waals surface area contributed by atoms with Gasteiger partial charge >= 0.3 is 26.1 Å². The van der Waals surface area contributed by atoms with Gasteiger partial charge in [0.25, 0.3) is 0 Å². The van der Waals surface area contributed by atoms with Crippen LogP contribution in [-0.2, 0) is 15.5 Å². The Labute approximate surface area is 35.4 Å². The van der Waals surface area contributed by atoms with Gasteiger partial charge in [0.2, 0.25) is 0 Å². The molecule has 0 rings (SSSR count). The maximum atomic E-state index is 9.79. The van der Waals surface area contributed by atoms with Gasteiger partial charge in [-0.15, -0.1) is 0 Å². The van der Waals surface area contributed by atoms with Crippen LogP contribution in [-0.4, -0.2) is 8.41 Å². The first-order chi connectivity index (χ1) is 1.73. The van der Waals surface area contributed by atoms with Crippen molar-refractivity contribution in [3.8, 4) is 0 Å². The van der Waals surface area contributed by atoms with E-state index in [4.69, 9.17) is 0 Å². The van der Waals surface area contributed by atoms with Crippen molar-refractivity contribution in [1.29, 1.82) is 0 Å². The SMILES string of the molecule is B.[F][Cr]([F])[F]. The van der Waals surface area contributed by atoms with Crippen molar-refractivity contribution in [1.82, 2.24) is 0 Å². The van der Waals surface area contributed by atoms with Gasteiger partial charge in [-0.05, 0) is 0 Å². The molecule has 0 atom stereocenters. The fourth-order valence-corrected chi connectivity index (χ4v) is 0. The number of halogens is 3. The molecule has 0 saturated heterocycles. The Bertz CT molecular complexity index is 11.6. The van der Waals surface area contributed by atoms with Crippen molar-refractivity contribution in [3.05, 3.63) is 0 Å². The Morgan fingerprint density at radius 1 is 1.00 bits per heavy atom. The zero-order chi connectivity index (χ0) is 3.58. The summed E-state index contributed by atoms with van der Waals surface area (Å²) in [4.78, 5) is 0. The van der Waals surface area contributed by atoms with Crippen LogP contribution in [0, 0.1) is 0 Å². The van der Waals surface area contributed by atoms with Crippen molar-refractivity contribution < 1.29 is 26.1 Å². The Hall–Kier alpha value is 0.387. The molecule has 0 heterocycles. The van der Waals surface area contributed by atoms with E-state index in [1.54, 1.807) is 0 Å². The normalized spacial score (nSPS) is 7.20. The Morgan fingerprint density at radius 3 is 1.00 bits per heavy atom. The molecule has 0 aliphatic heterocycles. The molecule has 0 amide bonds. The summed E-state index contributed by atoms with van der Waals surface area (Å²) in [5.74, 6) is 0. The molecular formula is H3BCrF3. The van der Waals surface area contributed by atoms with E-state index < -0.39 is 15.5 Å².